The van der Waals surface area contributed by atoms with E-state index in [-0.39, 0.29) is 35.4 Å². The van der Waals surface area contributed by atoms with Crippen LogP contribution in [0, 0.1) is 5.82 Å². The van der Waals surface area contributed by atoms with Gasteiger partial charge in [0.2, 0.25) is 10.0 Å². The van der Waals surface area contributed by atoms with E-state index in [0.29, 0.717) is 19.3 Å². The van der Waals surface area contributed by atoms with Crippen LogP contribution in [0.15, 0.2) is 35.2 Å². The molecule has 0 bridgehead atoms. The van der Waals surface area contributed by atoms with Crippen molar-refractivity contribution in [3.8, 4) is 0 Å². The van der Waals surface area contributed by atoms with Gasteiger partial charge in [-0.2, -0.15) is 22.6 Å². The Bertz CT molecular complexity index is 1020. The van der Waals surface area contributed by atoms with Crippen LogP contribution in [0.1, 0.15) is 50.4 Å². The molecular weight excluding hydrogens is 424 g/mol. The Kier molecular flexibility index (Phi) is 5.29. The minimum atomic E-state index is -4.46. The lowest BCUT2D eigenvalue weighted by Gasteiger charge is -2.32. The summed E-state index contributed by atoms with van der Waals surface area (Å²) in [6, 6.07) is 3.26. The van der Waals surface area contributed by atoms with Crippen LogP contribution in [-0.2, 0) is 10.0 Å². The molecule has 1 N–H and O–H groups in total. The average Bonchev–Trinajstić information content (AvgIpc) is 3.33. The smallest absolute Gasteiger partial charge is 0.367 e. The highest BCUT2D eigenvalue weighted by Crippen LogP contribution is 2.43. The van der Waals surface area contributed by atoms with Gasteiger partial charge in [0.05, 0.1) is 16.6 Å². The average molecular weight is 446 g/mol. The Balaban J connectivity index is 1.69. The maximum absolute atomic E-state index is 13.6. The third-order valence-electron chi connectivity index (χ3n) is 5.75. The summed E-state index contributed by atoms with van der Waals surface area (Å²) in [4.78, 5) is -0.0582. The molecule has 2 aliphatic rings. The minimum Gasteiger partial charge on any atom is -0.367 e. The summed E-state index contributed by atoms with van der Waals surface area (Å²) in [6.45, 7) is 2.03. The fourth-order valence-electron chi connectivity index (χ4n) is 4.17. The molecule has 3 heterocycles. The van der Waals surface area contributed by atoms with Crippen molar-refractivity contribution in [3.05, 3.63) is 41.8 Å². The van der Waals surface area contributed by atoms with E-state index in [9.17, 15) is 26.0 Å². The van der Waals surface area contributed by atoms with E-state index in [1.807, 2.05) is 6.92 Å². The highest BCUT2D eigenvalue weighted by molar-refractivity contribution is 7.89. The first kappa shape index (κ1) is 21.1. The second kappa shape index (κ2) is 7.52. The SMILES string of the molecule is CC[C@@H]1C[C@@H](C(F)(F)F)n2nc([C@@H]3CCCN3S(=O)(=O)c3ccc(F)cc3)cc2N1. The number of anilines is 1. The quantitative estimate of drug-likeness (QED) is 0.714. The Morgan fingerprint density at radius 3 is 2.57 bits per heavy atom. The number of alkyl halides is 3. The van der Waals surface area contributed by atoms with Gasteiger partial charge in [0.1, 0.15) is 11.6 Å². The van der Waals surface area contributed by atoms with E-state index in [1.54, 1.807) is 0 Å². The van der Waals surface area contributed by atoms with Gasteiger partial charge in [0, 0.05) is 18.7 Å². The molecule has 6 nitrogen and oxygen atoms in total. The fraction of sp³-hybridized carbons (Fsp3) is 0.526. The predicted molar refractivity (Wildman–Crippen MR) is 102 cm³/mol. The molecule has 1 fully saturated rings. The Labute approximate surface area is 171 Å². The van der Waals surface area contributed by atoms with Crippen LogP contribution in [0.5, 0.6) is 0 Å². The lowest BCUT2D eigenvalue weighted by atomic mass is 10.0. The van der Waals surface area contributed by atoms with Gasteiger partial charge in [0.15, 0.2) is 6.04 Å². The molecule has 0 saturated carbocycles. The molecule has 3 atom stereocenters. The Hall–Kier alpha value is -2.14. The molecule has 1 saturated heterocycles. The van der Waals surface area contributed by atoms with Crippen LogP contribution in [0.4, 0.5) is 23.4 Å². The number of hydrogen-bond acceptors (Lipinski definition) is 4. The molecule has 0 radical (unpaired) electrons. The Morgan fingerprint density at radius 2 is 1.93 bits per heavy atom. The largest absolute Gasteiger partial charge is 0.410 e. The lowest BCUT2D eigenvalue weighted by molar-refractivity contribution is -0.173. The molecule has 1 aromatic heterocycles. The van der Waals surface area contributed by atoms with Crippen LogP contribution in [-0.4, -0.2) is 41.3 Å². The fourth-order valence-corrected chi connectivity index (χ4v) is 5.83. The monoisotopic (exact) mass is 446 g/mol. The molecule has 0 unspecified atom stereocenters. The molecular formula is C19H22F4N4O2S. The number of aromatic nitrogens is 2. The second-order valence-electron chi connectivity index (χ2n) is 7.67. The van der Waals surface area contributed by atoms with E-state index in [0.717, 1.165) is 16.8 Å². The number of benzene rings is 1. The summed E-state index contributed by atoms with van der Waals surface area (Å²) in [5, 5.41) is 7.26. The predicted octanol–water partition coefficient (Wildman–Crippen LogP) is 4.25. The van der Waals surface area contributed by atoms with Crippen molar-refractivity contribution >= 4 is 15.8 Å². The van der Waals surface area contributed by atoms with Crippen molar-refractivity contribution in [3.63, 3.8) is 0 Å². The van der Waals surface area contributed by atoms with Gasteiger partial charge >= 0.3 is 6.18 Å². The van der Waals surface area contributed by atoms with E-state index in [1.165, 1.54) is 22.5 Å². The highest BCUT2D eigenvalue weighted by atomic mass is 32.2. The summed E-state index contributed by atoms with van der Waals surface area (Å²) >= 11 is 0. The molecule has 164 valence electrons. The van der Waals surface area contributed by atoms with Gasteiger partial charge in [-0.3, -0.25) is 0 Å². The summed E-state index contributed by atoms with van der Waals surface area (Å²) in [5.74, 6) is -0.306. The normalized spacial score (nSPS) is 25.2. The third-order valence-corrected chi connectivity index (χ3v) is 7.67. The number of sulfonamides is 1. The van der Waals surface area contributed by atoms with Crippen molar-refractivity contribution in [2.45, 2.75) is 61.8 Å². The summed E-state index contributed by atoms with van der Waals surface area (Å²) in [5.41, 5.74) is 0.284. The van der Waals surface area contributed by atoms with E-state index >= 15 is 0 Å². The molecule has 4 rings (SSSR count). The molecule has 2 aromatic rings. The van der Waals surface area contributed by atoms with Crippen LogP contribution >= 0.6 is 0 Å². The molecule has 2 aliphatic heterocycles. The zero-order chi connectivity index (χ0) is 21.7. The van der Waals surface area contributed by atoms with Gasteiger partial charge in [0.25, 0.3) is 0 Å². The highest BCUT2D eigenvalue weighted by Gasteiger charge is 2.47. The first-order chi connectivity index (χ1) is 14.1. The summed E-state index contributed by atoms with van der Waals surface area (Å²) < 4.78 is 82.3. The Morgan fingerprint density at radius 1 is 1.23 bits per heavy atom. The van der Waals surface area contributed by atoms with Crippen molar-refractivity contribution < 1.29 is 26.0 Å². The lowest BCUT2D eigenvalue weighted by Crippen LogP contribution is -2.39. The molecule has 30 heavy (non-hydrogen) atoms. The van der Waals surface area contributed by atoms with Crippen LogP contribution in [0.3, 0.4) is 0 Å². The van der Waals surface area contributed by atoms with Gasteiger partial charge < -0.3 is 5.32 Å². The topological polar surface area (TPSA) is 67.2 Å². The molecule has 0 aliphatic carbocycles. The third kappa shape index (κ3) is 3.68. The molecule has 11 heteroatoms. The van der Waals surface area contributed by atoms with Crippen LogP contribution < -0.4 is 5.32 Å². The maximum Gasteiger partial charge on any atom is 0.410 e. The molecule has 1 aromatic carbocycles. The second-order valence-corrected chi connectivity index (χ2v) is 9.56. The van der Waals surface area contributed by atoms with Crippen molar-refractivity contribution in [1.82, 2.24) is 14.1 Å². The van der Waals surface area contributed by atoms with Crippen LogP contribution in [0.25, 0.3) is 0 Å². The number of hydrogen-bond donors (Lipinski definition) is 1. The number of rotatable bonds is 4. The standard InChI is InChI=1S/C19H22F4N4O2S/c1-2-13-10-17(19(21,22)23)27-18(24-13)11-15(25-27)16-4-3-9-26(16)30(28,29)14-7-5-12(20)6-8-14/h5-8,11,13,16-17,24H,2-4,9-10H2,1H3/t13-,16+,17+/m1/s1. The zero-order valence-corrected chi connectivity index (χ0v) is 17.0. The summed E-state index contributed by atoms with van der Waals surface area (Å²) in [6.07, 6.45) is -3.05. The molecule has 0 spiro atoms. The van der Waals surface area contributed by atoms with E-state index < -0.39 is 34.1 Å². The zero-order valence-electron chi connectivity index (χ0n) is 16.2. The van der Waals surface area contributed by atoms with E-state index in [4.69, 9.17) is 0 Å². The number of nitrogens with one attached hydrogen (secondary N) is 1. The van der Waals surface area contributed by atoms with Crippen LogP contribution in [0.2, 0.25) is 0 Å². The molecule has 0 amide bonds. The van der Waals surface area contributed by atoms with Crippen molar-refractivity contribution in [2.24, 2.45) is 0 Å². The summed E-state index contributed by atoms with van der Waals surface area (Å²) in [7, 11) is -3.94. The first-order valence-electron chi connectivity index (χ1n) is 9.81. The van der Waals surface area contributed by atoms with Gasteiger partial charge in [-0.25, -0.2) is 17.5 Å². The maximum atomic E-state index is 13.6. The van der Waals surface area contributed by atoms with Crippen molar-refractivity contribution in [1.29, 1.82) is 0 Å². The van der Waals surface area contributed by atoms with E-state index in [2.05, 4.69) is 10.4 Å². The minimum absolute atomic E-state index is 0.0582. The number of nitrogens with zero attached hydrogens (tertiary/aromatic N) is 3. The number of halogens is 4. The first-order valence-corrected chi connectivity index (χ1v) is 11.3. The van der Waals surface area contributed by atoms with Gasteiger partial charge in [-0.1, -0.05) is 6.92 Å². The van der Waals surface area contributed by atoms with Gasteiger partial charge in [-0.05, 0) is 49.9 Å². The van der Waals surface area contributed by atoms with Crippen molar-refractivity contribution in [2.75, 3.05) is 11.9 Å². The number of fused-ring (bicyclic) bond motifs is 1. The van der Waals surface area contributed by atoms with Gasteiger partial charge in [-0.15, -0.1) is 0 Å².